The van der Waals surface area contributed by atoms with Crippen LogP contribution in [0.4, 0.5) is 0 Å². The lowest BCUT2D eigenvalue weighted by atomic mass is 9.98. The standard InChI is InChI=1S/C23H35ClN2O4S/c1-7-9-15(3)25(5)20-21(29-6)26-19(23(27)28)18(14-31-22(20)26)13-30-16(4)10-11-17(8-2)12-24/h8,10-11,15,20-22H,2,7,9,12-14H2,1,3-6H3,(H,27,28). The topological polar surface area (TPSA) is 62.2 Å². The highest BCUT2D eigenvalue weighted by Crippen LogP contribution is 2.46. The molecule has 0 bridgehead atoms. The molecule has 0 aliphatic carbocycles. The lowest BCUT2D eigenvalue weighted by Gasteiger charge is -2.60. The maximum atomic E-state index is 12.2. The van der Waals surface area contributed by atoms with Gasteiger partial charge in [0.15, 0.2) is 0 Å². The van der Waals surface area contributed by atoms with E-state index in [0.717, 1.165) is 24.0 Å². The molecule has 0 spiro atoms. The molecule has 1 N–H and O–H groups in total. The van der Waals surface area contributed by atoms with Gasteiger partial charge in [0, 0.05) is 30.4 Å². The predicted molar refractivity (Wildman–Crippen MR) is 128 cm³/mol. The summed E-state index contributed by atoms with van der Waals surface area (Å²) in [4.78, 5) is 16.4. The Balaban J connectivity index is 2.18. The summed E-state index contributed by atoms with van der Waals surface area (Å²) in [5.41, 5.74) is 1.96. The Hall–Kier alpha value is -1.41. The monoisotopic (exact) mass is 470 g/mol. The van der Waals surface area contributed by atoms with Crippen molar-refractivity contribution in [2.75, 3.05) is 32.4 Å². The second-order valence-electron chi connectivity index (χ2n) is 7.93. The predicted octanol–water partition coefficient (Wildman–Crippen LogP) is 4.45. The first-order valence-electron chi connectivity index (χ1n) is 10.6. The molecule has 2 rings (SSSR count). The Labute approximate surface area is 195 Å². The zero-order valence-electron chi connectivity index (χ0n) is 19.1. The van der Waals surface area contributed by atoms with E-state index in [9.17, 15) is 9.90 Å². The van der Waals surface area contributed by atoms with Crippen LogP contribution in [0.15, 0.2) is 47.4 Å². The van der Waals surface area contributed by atoms with Crippen LogP contribution in [0.1, 0.15) is 33.6 Å². The van der Waals surface area contributed by atoms with Crippen LogP contribution in [0.25, 0.3) is 0 Å². The van der Waals surface area contributed by atoms with E-state index in [-0.39, 0.29) is 24.3 Å². The molecule has 174 valence electrons. The minimum Gasteiger partial charge on any atom is -0.494 e. The fourth-order valence-corrected chi connectivity index (χ4v) is 5.67. The fraction of sp³-hybridized carbons (Fsp3) is 0.609. The number of aliphatic carboxylic acids is 1. The molecule has 2 aliphatic rings. The number of hydrogen-bond donors (Lipinski definition) is 1. The number of fused-ring (bicyclic) bond motifs is 1. The molecular weight excluding hydrogens is 436 g/mol. The molecule has 2 heterocycles. The van der Waals surface area contributed by atoms with Gasteiger partial charge in [0.2, 0.25) is 0 Å². The number of halogens is 1. The minimum absolute atomic E-state index is 0.0579. The van der Waals surface area contributed by atoms with Gasteiger partial charge in [-0.25, -0.2) is 4.79 Å². The molecule has 6 nitrogen and oxygen atoms in total. The molecule has 0 radical (unpaired) electrons. The van der Waals surface area contributed by atoms with E-state index in [1.165, 1.54) is 0 Å². The first-order chi connectivity index (χ1) is 14.8. The molecule has 0 aromatic carbocycles. The molecule has 4 unspecified atom stereocenters. The molecule has 2 aliphatic heterocycles. The van der Waals surface area contributed by atoms with E-state index < -0.39 is 5.97 Å². The summed E-state index contributed by atoms with van der Waals surface area (Å²) in [5.74, 6) is 0.742. The number of likely N-dealkylation sites (N-methyl/N-ethyl adjacent to an activating group) is 1. The summed E-state index contributed by atoms with van der Waals surface area (Å²) in [6.45, 7) is 10.2. The van der Waals surface area contributed by atoms with Crippen molar-refractivity contribution in [1.29, 1.82) is 0 Å². The molecule has 0 saturated carbocycles. The van der Waals surface area contributed by atoms with Crippen molar-refractivity contribution in [1.82, 2.24) is 9.80 Å². The maximum absolute atomic E-state index is 12.2. The number of ether oxygens (including phenoxy) is 2. The van der Waals surface area contributed by atoms with Gasteiger partial charge in [-0.05, 0) is 39.0 Å². The second kappa shape index (κ2) is 12.0. The van der Waals surface area contributed by atoms with Crippen LogP contribution in [-0.4, -0.2) is 77.0 Å². The molecule has 31 heavy (non-hydrogen) atoms. The van der Waals surface area contributed by atoms with Gasteiger partial charge in [0.05, 0.1) is 17.2 Å². The van der Waals surface area contributed by atoms with Crippen LogP contribution < -0.4 is 0 Å². The zero-order valence-corrected chi connectivity index (χ0v) is 20.7. The highest BCUT2D eigenvalue weighted by Gasteiger charge is 2.56. The summed E-state index contributed by atoms with van der Waals surface area (Å²) >= 11 is 7.58. The maximum Gasteiger partial charge on any atom is 0.352 e. The number of carboxylic acids is 1. The molecule has 0 amide bonds. The van der Waals surface area contributed by atoms with E-state index in [2.05, 4.69) is 32.4 Å². The van der Waals surface area contributed by atoms with Crippen molar-refractivity contribution in [3.8, 4) is 0 Å². The third kappa shape index (κ3) is 5.89. The summed E-state index contributed by atoms with van der Waals surface area (Å²) in [6, 6.07) is 0.555. The van der Waals surface area contributed by atoms with E-state index in [1.807, 2.05) is 24.0 Å². The third-order valence-corrected chi connectivity index (χ3v) is 7.56. The van der Waals surface area contributed by atoms with Gasteiger partial charge in [0.25, 0.3) is 0 Å². The second-order valence-corrected chi connectivity index (χ2v) is 9.30. The number of carbonyl (C=O) groups is 1. The molecule has 0 aromatic heterocycles. The average molecular weight is 471 g/mol. The molecule has 1 saturated heterocycles. The van der Waals surface area contributed by atoms with Crippen LogP contribution >= 0.6 is 23.4 Å². The van der Waals surface area contributed by atoms with Gasteiger partial charge in [-0.15, -0.1) is 23.4 Å². The number of methoxy groups -OCH3 is 1. The Morgan fingerprint density at radius 2 is 2.19 bits per heavy atom. The Bertz CT molecular complexity index is 752. The largest absolute Gasteiger partial charge is 0.494 e. The first-order valence-corrected chi connectivity index (χ1v) is 12.2. The van der Waals surface area contributed by atoms with Crippen LogP contribution in [0, 0.1) is 0 Å². The van der Waals surface area contributed by atoms with Crippen molar-refractivity contribution >= 4 is 29.3 Å². The quantitative estimate of drug-likeness (QED) is 0.257. The van der Waals surface area contributed by atoms with Crippen molar-refractivity contribution < 1.29 is 19.4 Å². The fourth-order valence-electron chi connectivity index (χ4n) is 3.97. The zero-order chi connectivity index (χ0) is 23.1. The number of thioether (sulfide) groups is 1. The summed E-state index contributed by atoms with van der Waals surface area (Å²) in [7, 11) is 3.76. The van der Waals surface area contributed by atoms with Crippen LogP contribution in [0.2, 0.25) is 0 Å². The van der Waals surface area contributed by atoms with Gasteiger partial charge in [0.1, 0.15) is 18.5 Å². The SMILES string of the molecule is C=CC(=CC=C(C)OCC1=C(C(=O)O)N2C(OC)C(N(C)C(C)CCC)C2SC1)CCl. The summed E-state index contributed by atoms with van der Waals surface area (Å²) in [6.07, 6.45) is 7.28. The molecule has 1 fully saturated rings. The van der Waals surface area contributed by atoms with Gasteiger partial charge in [-0.1, -0.05) is 32.1 Å². The van der Waals surface area contributed by atoms with Gasteiger partial charge in [-0.2, -0.15) is 0 Å². The van der Waals surface area contributed by atoms with Gasteiger partial charge < -0.3 is 19.5 Å². The Morgan fingerprint density at radius 3 is 2.74 bits per heavy atom. The number of rotatable bonds is 12. The smallest absolute Gasteiger partial charge is 0.352 e. The van der Waals surface area contributed by atoms with Crippen LogP contribution in [0.5, 0.6) is 0 Å². The minimum atomic E-state index is -0.939. The highest BCUT2D eigenvalue weighted by atomic mass is 35.5. The van der Waals surface area contributed by atoms with E-state index in [4.69, 9.17) is 21.1 Å². The number of nitrogens with zero attached hydrogens (tertiary/aromatic N) is 2. The van der Waals surface area contributed by atoms with Crippen LogP contribution in [0.3, 0.4) is 0 Å². The van der Waals surface area contributed by atoms with Gasteiger partial charge >= 0.3 is 5.97 Å². The lowest BCUT2D eigenvalue weighted by molar-refractivity contribution is -0.171. The molecule has 8 heteroatoms. The van der Waals surface area contributed by atoms with Crippen molar-refractivity contribution in [3.63, 3.8) is 0 Å². The van der Waals surface area contributed by atoms with Gasteiger partial charge in [-0.3, -0.25) is 4.90 Å². The van der Waals surface area contributed by atoms with Crippen molar-refractivity contribution in [2.24, 2.45) is 0 Å². The summed E-state index contributed by atoms with van der Waals surface area (Å²) in [5, 5.41) is 10.0. The molecule has 4 atom stereocenters. The first kappa shape index (κ1) is 25.8. The Morgan fingerprint density at radius 1 is 1.48 bits per heavy atom. The van der Waals surface area contributed by atoms with E-state index in [0.29, 0.717) is 29.1 Å². The number of hydrogen-bond acceptors (Lipinski definition) is 6. The van der Waals surface area contributed by atoms with Crippen molar-refractivity contribution in [2.45, 2.75) is 57.3 Å². The van der Waals surface area contributed by atoms with E-state index in [1.54, 1.807) is 24.9 Å². The number of allylic oxidation sites excluding steroid dienone is 5. The average Bonchev–Trinajstić information content (AvgIpc) is 2.73. The summed E-state index contributed by atoms with van der Waals surface area (Å²) < 4.78 is 11.6. The van der Waals surface area contributed by atoms with E-state index >= 15 is 0 Å². The lowest BCUT2D eigenvalue weighted by Crippen LogP contribution is -2.73. The molecule has 0 aromatic rings. The van der Waals surface area contributed by atoms with Crippen LogP contribution in [-0.2, 0) is 14.3 Å². The molecular formula is C23H35ClN2O4S. The number of carboxylic acid groups (broad SMARTS) is 1. The third-order valence-electron chi connectivity index (χ3n) is 5.89. The van der Waals surface area contributed by atoms with Crippen molar-refractivity contribution in [3.05, 3.63) is 47.4 Å². The normalized spacial score (nSPS) is 25.3. The highest BCUT2D eigenvalue weighted by molar-refractivity contribution is 8.00. The Kier molecular flexibility index (Phi) is 10.0. The number of alkyl halides is 1.